The van der Waals surface area contributed by atoms with Crippen LogP contribution in [0.1, 0.15) is 48.4 Å². The van der Waals surface area contributed by atoms with E-state index in [2.05, 4.69) is 48.1 Å². The first-order chi connectivity index (χ1) is 16.9. The van der Waals surface area contributed by atoms with Gasteiger partial charge in [-0.05, 0) is 54.8 Å². The molecule has 0 saturated carbocycles. The van der Waals surface area contributed by atoms with Crippen LogP contribution in [0.4, 0.5) is 5.69 Å². The number of benzene rings is 2. The summed E-state index contributed by atoms with van der Waals surface area (Å²) in [5, 5.41) is 11.9. The van der Waals surface area contributed by atoms with Crippen molar-refractivity contribution in [3.8, 4) is 5.75 Å². The van der Waals surface area contributed by atoms with Crippen LogP contribution < -0.4 is 10.1 Å². The lowest BCUT2D eigenvalue weighted by atomic mass is 10.0. The average Bonchev–Trinajstić information content (AvgIpc) is 3.24. The van der Waals surface area contributed by atoms with E-state index in [1.807, 2.05) is 16.7 Å². The summed E-state index contributed by atoms with van der Waals surface area (Å²) in [5.74, 6) is 1.41. The molecule has 8 nitrogen and oxygen atoms in total. The van der Waals surface area contributed by atoms with E-state index >= 15 is 0 Å². The van der Waals surface area contributed by atoms with Crippen LogP contribution in [-0.4, -0.2) is 39.0 Å². The third kappa shape index (κ3) is 7.45. The maximum Gasteiger partial charge on any atom is 0.338 e. The summed E-state index contributed by atoms with van der Waals surface area (Å²) in [4.78, 5) is 24.2. The molecule has 1 amide bonds. The standard InChI is InChI=1S/C26H30N4O4S/c1-5-15-30-23(16-34-22-13-9-19(10-14-22)18(3)4)28-29-26(30)35-17-24(31)27-21-11-7-20(8-12-21)25(32)33-6-2/h5,7-14,18H,1,6,15-17H2,2-4H3,(H,27,31). The highest BCUT2D eigenvalue weighted by Gasteiger charge is 2.15. The van der Waals surface area contributed by atoms with Gasteiger partial charge in [0.2, 0.25) is 5.91 Å². The number of nitrogens with zero attached hydrogens (tertiary/aromatic N) is 3. The third-order valence-electron chi connectivity index (χ3n) is 5.03. The second kappa shape index (κ2) is 12.8. The number of carbonyl (C=O) groups is 2. The molecule has 0 aliphatic rings. The molecule has 9 heteroatoms. The zero-order chi connectivity index (χ0) is 25.2. The molecule has 0 aliphatic carbocycles. The predicted octanol–water partition coefficient (Wildman–Crippen LogP) is 5.07. The molecule has 3 rings (SSSR count). The minimum absolute atomic E-state index is 0.145. The van der Waals surface area contributed by atoms with Crippen LogP contribution in [0.15, 0.2) is 66.3 Å². The Kier molecular flexibility index (Phi) is 9.48. The van der Waals surface area contributed by atoms with Gasteiger partial charge in [0.15, 0.2) is 11.0 Å². The summed E-state index contributed by atoms with van der Waals surface area (Å²) < 4.78 is 12.7. The lowest BCUT2D eigenvalue weighted by molar-refractivity contribution is -0.113. The van der Waals surface area contributed by atoms with Crippen LogP contribution >= 0.6 is 11.8 Å². The number of nitrogens with one attached hydrogen (secondary N) is 1. The Morgan fingerprint density at radius 1 is 1.11 bits per heavy atom. The van der Waals surface area contributed by atoms with Crippen LogP contribution in [-0.2, 0) is 22.7 Å². The Balaban J connectivity index is 1.56. The van der Waals surface area contributed by atoms with Crippen molar-refractivity contribution >= 4 is 29.3 Å². The molecular weight excluding hydrogens is 464 g/mol. The number of hydrogen-bond donors (Lipinski definition) is 1. The zero-order valence-corrected chi connectivity index (χ0v) is 21.0. The molecule has 2 aromatic carbocycles. The summed E-state index contributed by atoms with van der Waals surface area (Å²) in [7, 11) is 0. The highest BCUT2D eigenvalue weighted by Crippen LogP contribution is 2.21. The zero-order valence-electron chi connectivity index (χ0n) is 20.2. The van der Waals surface area contributed by atoms with Crippen LogP contribution in [0, 0.1) is 0 Å². The van der Waals surface area contributed by atoms with Crippen LogP contribution in [0.2, 0.25) is 0 Å². The van der Waals surface area contributed by atoms with Gasteiger partial charge in [-0.15, -0.1) is 16.8 Å². The molecule has 35 heavy (non-hydrogen) atoms. The largest absolute Gasteiger partial charge is 0.486 e. The van der Waals surface area contributed by atoms with Crippen LogP contribution in [0.5, 0.6) is 5.75 Å². The Morgan fingerprint density at radius 2 is 1.83 bits per heavy atom. The van der Waals surface area contributed by atoms with E-state index in [-0.39, 0.29) is 18.3 Å². The fourth-order valence-electron chi connectivity index (χ4n) is 3.17. The minimum Gasteiger partial charge on any atom is -0.486 e. The van der Waals surface area contributed by atoms with E-state index in [9.17, 15) is 9.59 Å². The number of hydrogen-bond acceptors (Lipinski definition) is 7. The molecule has 0 atom stereocenters. The van der Waals surface area contributed by atoms with Gasteiger partial charge in [-0.1, -0.05) is 43.8 Å². The predicted molar refractivity (Wildman–Crippen MR) is 137 cm³/mol. The van der Waals surface area contributed by atoms with Crippen molar-refractivity contribution in [2.75, 3.05) is 17.7 Å². The molecule has 0 saturated heterocycles. The van der Waals surface area contributed by atoms with E-state index in [0.717, 1.165) is 5.75 Å². The topological polar surface area (TPSA) is 95.3 Å². The highest BCUT2D eigenvalue weighted by atomic mass is 32.2. The lowest BCUT2D eigenvalue weighted by Crippen LogP contribution is -2.15. The van der Waals surface area contributed by atoms with Gasteiger partial charge in [-0.2, -0.15) is 0 Å². The smallest absolute Gasteiger partial charge is 0.338 e. The molecule has 0 aliphatic heterocycles. The van der Waals surface area contributed by atoms with Crippen molar-refractivity contribution < 1.29 is 19.1 Å². The van der Waals surface area contributed by atoms with Crippen molar-refractivity contribution in [1.29, 1.82) is 0 Å². The molecule has 0 radical (unpaired) electrons. The molecular formula is C26H30N4O4S. The van der Waals surface area contributed by atoms with Gasteiger partial charge in [0.25, 0.3) is 0 Å². The Bertz CT molecular complexity index is 1140. The normalized spacial score (nSPS) is 10.7. The molecule has 1 heterocycles. The Labute approximate surface area is 209 Å². The summed E-state index contributed by atoms with van der Waals surface area (Å²) >= 11 is 1.28. The molecule has 1 N–H and O–H groups in total. The van der Waals surface area contributed by atoms with Crippen molar-refractivity contribution in [3.63, 3.8) is 0 Å². The minimum atomic E-state index is -0.394. The number of rotatable bonds is 12. The van der Waals surface area contributed by atoms with Gasteiger partial charge < -0.3 is 14.8 Å². The summed E-state index contributed by atoms with van der Waals surface area (Å²) in [6.45, 7) is 10.9. The van der Waals surface area contributed by atoms with Gasteiger partial charge >= 0.3 is 5.97 Å². The quantitative estimate of drug-likeness (QED) is 0.213. The van der Waals surface area contributed by atoms with E-state index in [4.69, 9.17) is 9.47 Å². The van der Waals surface area contributed by atoms with Crippen molar-refractivity contribution in [2.24, 2.45) is 0 Å². The third-order valence-corrected chi connectivity index (χ3v) is 6.00. The van der Waals surface area contributed by atoms with E-state index in [1.165, 1.54) is 17.3 Å². The molecule has 184 valence electrons. The second-order valence-corrected chi connectivity index (χ2v) is 8.89. The summed E-state index contributed by atoms with van der Waals surface area (Å²) in [6, 6.07) is 14.6. The van der Waals surface area contributed by atoms with Crippen LogP contribution in [0.3, 0.4) is 0 Å². The average molecular weight is 495 g/mol. The SMILES string of the molecule is C=CCn1c(COc2ccc(C(C)C)cc2)nnc1SCC(=O)Nc1ccc(C(=O)OCC)cc1. The number of allylic oxidation sites excluding steroid dienone is 1. The first-order valence-electron chi connectivity index (χ1n) is 11.4. The summed E-state index contributed by atoms with van der Waals surface area (Å²) in [6.07, 6.45) is 1.75. The van der Waals surface area contributed by atoms with E-state index < -0.39 is 5.97 Å². The molecule has 3 aromatic rings. The number of aromatic nitrogens is 3. The number of carbonyl (C=O) groups excluding carboxylic acids is 2. The fraction of sp³-hybridized carbons (Fsp3) is 0.308. The molecule has 0 unspecified atom stereocenters. The Morgan fingerprint density at radius 3 is 2.46 bits per heavy atom. The van der Waals surface area contributed by atoms with Crippen molar-refractivity contribution in [1.82, 2.24) is 14.8 Å². The second-order valence-electron chi connectivity index (χ2n) is 7.95. The van der Waals surface area contributed by atoms with Gasteiger partial charge in [0.1, 0.15) is 12.4 Å². The summed E-state index contributed by atoms with van der Waals surface area (Å²) in [5.41, 5.74) is 2.27. The maximum absolute atomic E-state index is 12.4. The lowest BCUT2D eigenvalue weighted by Gasteiger charge is -2.10. The number of thioether (sulfide) groups is 1. The molecule has 0 spiro atoms. The van der Waals surface area contributed by atoms with Crippen molar-refractivity contribution in [2.45, 2.75) is 45.0 Å². The van der Waals surface area contributed by atoms with E-state index in [0.29, 0.717) is 41.3 Å². The number of anilines is 1. The first kappa shape index (κ1) is 26.0. The van der Waals surface area contributed by atoms with Crippen molar-refractivity contribution in [3.05, 3.63) is 78.1 Å². The van der Waals surface area contributed by atoms with Gasteiger partial charge in [0, 0.05) is 12.2 Å². The Hall–Kier alpha value is -3.59. The van der Waals surface area contributed by atoms with Gasteiger partial charge in [0.05, 0.1) is 17.9 Å². The fourth-order valence-corrected chi connectivity index (χ4v) is 3.94. The number of ether oxygens (including phenoxy) is 2. The van der Waals surface area contributed by atoms with E-state index in [1.54, 1.807) is 37.3 Å². The number of esters is 1. The number of amides is 1. The maximum atomic E-state index is 12.4. The van der Waals surface area contributed by atoms with Gasteiger partial charge in [-0.3, -0.25) is 9.36 Å². The molecule has 0 fully saturated rings. The first-order valence-corrected chi connectivity index (χ1v) is 12.3. The molecule has 1 aromatic heterocycles. The highest BCUT2D eigenvalue weighted by molar-refractivity contribution is 7.99. The van der Waals surface area contributed by atoms with Gasteiger partial charge in [-0.25, -0.2) is 4.79 Å². The van der Waals surface area contributed by atoms with Crippen LogP contribution in [0.25, 0.3) is 0 Å². The molecule has 0 bridgehead atoms. The monoisotopic (exact) mass is 494 g/mol.